The molecule has 0 unspecified atom stereocenters. The third-order valence-electron chi connectivity index (χ3n) is 12.5. The molecule has 0 radical (unpaired) electrons. The summed E-state index contributed by atoms with van der Waals surface area (Å²) in [4.78, 5) is 15.4. The zero-order valence-electron chi connectivity index (χ0n) is 35.7. The second-order valence-corrected chi connectivity index (χ2v) is 20.4. The van der Waals surface area contributed by atoms with Gasteiger partial charge in [-0.2, -0.15) is 0 Å². The second-order valence-electron chi connectivity index (χ2n) is 16.6. The second kappa shape index (κ2) is 16.4. The maximum atomic E-state index is 5.19. The van der Waals surface area contributed by atoms with Gasteiger partial charge in [-0.15, -0.1) is 0 Å². The molecule has 0 aliphatic heterocycles. The van der Waals surface area contributed by atoms with Crippen LogP contribution in [0, 0.1) is 13.8 Å². The summed E-state index contributed by atoms with van der Waals surface area (Å²) in [6, 6.07) is 83.5. The molecule has 4 nitrogen and oxygen atoms in total. The molecular weight excluding hydrogens is 793 g/mol. The van der Waals surface area contributed by atoms with E-state index in [1.54, 1.807) is 0 Å². The molecule has 0 saturated heterocycles. The van der Waals surface area contributed by atoms with Crippen LogP contribution in [0.15, 0.2) is 231 Å². The lowest BCUT2D eigenvalue weighted by Gasteiger charge is -2.34. The average molecular weight is 837 g/mol. The van der Waals surface area contributed by atoms with E-state index in [1.807, 2.05) is 36.4 Å². The molecule has 0 N–H and O–H groups in total. The summed E-state index contributed by atoms with van der Waals surface area (Å²) in [6.45, 7) is 4.35. The number of benzene rings is 9. The van der Waals surface area contributed by atoms with E-state index in [2.05, 4.69) is 213 Å². The highest BCUT2D eigenvalue weighted by molar-refractivity contribution is 7.19. The topological polar surface area (TPSA) is 43.6 Å². The van der Waals surface area contributed by atoms with Gasteiger partial charge in [0.2, 0.25) is 0 Å². The van der Waals surface area contributed by atoms with Crippen LogP contribution < -0.4 is 20.7 Å². The van der Waals surface area contributed by atoms with Gasteiger partial charge in [-0.05, 0) is 70.5 Å². The van der Waals surface area contributed by atoms with E-state index in [1.165, 1.54) is 42.6 Å². The molecule has 0 atom stereocenters. The van der Waals surface area contributed by atoms with Crippen molar-refractivity contribution in [1.82, 2.24) is 19.5 Å². The smallest absolute Gasteiger partial charge is 0.179 e. The summed E-state index contributed by atoms with van der Waals surface area (Å²) in [5.41, 5.74) is 10.8. The first kappa shape index (κ1) is 38.9. The molecule has 11 aromatic rings. The lowest BCUT2D eigenvalue weighted by Crippen LogP contribution is -2.74. The summed E-state index contributed by atoms with van der Waals surface area (Å²) in [5.74, 6) is 1.88. The number of hydrogen-bond acceptors (Lipinski definition) is 3. The van der Waals surface area contributed by atoms with Crippen LogP contribution in [0.1, 0.15) is 11.1 Å². The van der Waals surface area contributed by atoms with Gasteiger partial charge in [-0.3, -0.25) is 0 Å². The van der Waals surface area contributed by atoms with Gasteiger partial charge in [0.1, 0.15) is 0 Å². The highest BCUT2D eigenvalue weighted by Crippen LogP contribution is 2.39. The first-order valence-corrected chi connectivity index (χ1v) is 23.9. The minimum atomic E-state index is -2.82. The first-order valence-electron chi connectivity index (χ1n) is 21.9. The van der Waals surface area contributed by atoms with E-state index in [0.717, 1.165) is 44.5 Å². The minimum absolute atomic E-state index is 0.616. The Hall–Kier alpha value is -7.99. The Labute approximate surface area is 374 Å². The van der Waals surface area contributed by atoms with Gasteiger partial charge in [0, 0.05) is 33.0 Å². The Morgan fingerprint density at radius 2 is 0.734 bits per heavy atom. The first-order chi connectivity index (χ1) is 31.5. The van der Waals surface area contributed by atoms with E-state index >= 15 is 0 Å². The molecule has 0 saturated carbocycles. The van der Waals surface area contributed by atoms with Crippen LogP contribution in [0.5, 0.6) is 0 Å². The maximum Gasteiger partial charge on any atom is 0.179 e. The van der Waals surface area contributed by atoms with E-state index < -0.39 is 8.07 Å². The maximum absolute atomic E-state index is 5.19. The van der Waals surface area contributed by atoms with Gasteiger partial charge in [0.05, 0.1) is 16.7 Å². The fraction of sp³-hybridized carbons (Fsp3) is 0.0339. The number of nitrogens with zero attached hydrogens (tertiary/aromatic N) is 4. The van der Waals surface area contributed by atoms with Crippen molar-refractivity contribution < 1.29 is 0 Å². The third-order valence-corrected chi connectivity index (χ3v) is 17.3. The Kier molecular flexibility index (Phi) is 9.95. The molecule has 0 aliphatic rings. The molecule has 2 aromatic heterocycles. The zero-order valence-corrected chi connectivity index (χ0v) is 36.7. The van der Waals surface area contributed by atoms with Crippen LogP contribution in [-0.4, -0.2) is 27.6 Å². The zero-order chi connectivity index (χ0) is 43.0. The van der Waals surface area contributed by atoms with Gasteiger partial charge >= 0.3 is 0 Å². The summed E-state index contributed by atoms with van der Waals surface area (Å²) in [6.07, 6.45) is 0. The fourth-order valence-electron chi connectivity index (χ4n) is 9.53. The third kappa shape index (κ3) is 6.83. The van der Waals surface area contributed by atoms with Crippen LogP contribution in [0.3, 0.4) is 0 Å². The number of rotatable bonds is 9. The lowest BCUT2D eigenvalue weighted by atomic mass is 10.0. The molecular formula is C59H44N4Si. The summed E-state index contributed by atoms with van der Waals surface area (Å²) >= 11 is 0. The van der Waals surface area contributed by atoms with E-state index in [9.17, 15) is 0 Å². The quantitative estimate of drug-likeness (QED) is 0.107. The van der Waals surface area contributed by atoms with Gasteiger partial charge in [-0.1, -0.05) is 211 Å². The van der Waals surface area contributed by atoms with Crippen molar-refractivity contribution in [2.45, 2.75) is 13.8 Å². The standard InChI is InChI=1S/C59H44N4Si/c1-41-31-35-54-52(37-41)53-38-42(2)32-36-55(53)63(54)56-40-46(59-61-57(43-19-8-3-9-20-43)60-58(62-59)44-21-10-4-11-22-44)33-34-51(56)45-23-18-30-50(39-45)64(47-24-12-5-13-25-47,48-26-14-6-15-27-48)49-28-16-7-17-29-49/h3-40H,1-2H3. The average Bonchev–Trinajstić information content (AvgIpc) is 3.67. The van der Waals surface area contributed by atoms with Crippen molar-refractivity contribution in [3.05, 3.63) is 242 Å². The molecule has 0 bridgehead atoms. The molecule has 64 heavy (non-hydrogen) atoms. The molecule has 0 fully saturated rings. The van der Waals surface area contributed by atoms with E-state index in [0.29, 0.717) is 17.5 Å². The Morgan fingerprint density at radius 3 is 1.20 bits per heavy atom. The molecule has 0 aliphatic carbocycles. The number of hydrogen-bond donors (Lipinski definition) is 0. The van der Waals surface area contributed by atoms with E-state index in [-0.39, 0.29) is 0 Å². The van der Waals surface area contributed by atoms with E-state index in [4.69, 9.17) is 15.0 Å². The summed E-state index contributed by atoms with van der Waals surface area (Å²) in [7, 11) is -2.82. The minimum Gasteiger partial charge on any atom is -0.309 e. The predicted octanol–water partition coefficient (Wildman–Crippen LogP) is 11.6. The molecule has 5 heteroatoms. The highest BCUT2D eigenvalue weighted by Gasteiger charge is 2.41. The molecule has 304 valence electrons. The van der Waals surface area contributed by atoms with Crippen LogP contribution in [0.25, 0.3) is 72.8 Å². The van der Waals surface area contributed by atoms with Crippen molar-refractivity contribution in [2.24, 2.45) is 0 Å². The number of fused-ring (bicyclic) bond motifs is 3. The molecule has 2 heterocycles. The fourth-order valence-corrected chi connectivity index (χ4v) is 14.3. The largest absolute Gasteiger partial charge is 0.309 e. The predicted molar refractivity (Wildman–Crippen MR) is 269 cm³/mol. The SMILES string of the molecule is Cc1ccc2c(c1)c1cc(C)ccc1n2-c1cc(-c2nc(-c3ccccc3)nc(-c3ccccc3)n2)ccc1-c1cccc([Si](c2ccccc2)(c2ccccc2)c2ccccc2)c1. The van der Waals surface area contributed by atoms with Gasteiger partial charge in [0.15, 0.2) is 25.5 Å². The molecule has 0 amide bonds. The summed E-state index contributed by atoms with van der Waals surface area (Å²) in [5, 5.41) is 7.79. The van der Waals surface area contributed by atoms with Gasteiger partial charge in [0.25, 0.3) is 0 Å². The molecule has 0 spiro atoms. The number of aromatic nitrogens is 4. The Morgan fingerprint density at radius 1 is 0.328 bits per heavy atom. The van der Waals surface area contributed by atoms with Crippen molar-refractivity contribution in [3.63, 3.8) is 0 Å². The Balaban J connectivity index is 1.20. The normalized spacial score (nSPS) is 11.6. The van der Waals surface area contributed by atoms with Crippen LogP contribution >= 0.6 is 0 Å². The molecule has 11 rings (SSSR count). The lowest BCUT2D eigenvalue weighted by molar-refractivity contribution is 1.07. The van der Waals surface area contributed by atoms with Crippen molar-refractivity contribution in [2.75, 3.05) is 0 Å². The Bertz CT molecular complexity index is 3230. The van der Waals surface area contributed by atoms with Gasteiger partial charge < -0.3 is 4.57 Å². The molecule has 9 aromatic carbocycles. The van der Waals surface area contributed by atoms with Crippen LogP contribution in [-0.2, 0) is 0 Å². The van der Waals surface area contributed by atoms with Crippen molar-refractivity contribution >= 4 is 50.6 Å². The van der Waals surface area contributed by atoms with Crippen molar-refractivity contribution in [3.8, 4) is 51.0 Å². The van der Waals surface area contributed by atoms with Crippen LogP contribution in [0.2, 0.25) is 0 Å². The number of aryl methyl sites for hydroxylation is 2. The van der Waals surface area contributed by atoms with Crippen LogP contribution in [0.4, 0.5) is 0 Å². The summed E-state index contributed by atoms with van der Waals surface area (Å²) < 4.78 is 2.45. The monoisotopic (exact) mass is 836 g/mol. The van der Waals surface area contributed by atoms with Crippen molar-refractivity contribution in [1.29, 1.82) is 0 Å². The highest BCUT2D eigenvalue weighted by atomic mass is 28.3. The van der Waals surface area contributed by atoms with Gasteiger partial charge in [-0.25, -0.2) is 15.0 Å².